The largest absolute Gasteiger partial charge is 0.409 e. The van der Waals surface area contributed by atoms with E-state index in [1.807, 2.05) is 0 Å². The van der Waals surface area contributed by atoms with Crippen molar-refractivity contribution in [3.05, 3.63) is 35.1 Å². The summed E-state index contributed by atoms with van der Waals surface area (Å²) < 4.78 is 13.9. The van der Waals surface area contributed by atoms with Gasteiger partial charge < -0.3 is 21.4 Å². The number of hydrogen-bond acceptors (Lipinski definition) is 4. The van der Waals surface area contributed by atoms with Crippen LogP contribution in [-0.2, 0) is 6.54 Å². The minimum Gasteiger partial charge on any atom is -0.409 e. The summed E-state index contributed by atoms with van der Waals surface area (Å²) in [6, 6.07) is 4.71. The first-order valence-corrected chi connectivity index (χ1v) is 5.70. The number of halogens is 1. The van der Waals surface area contributed by atoms with E-state index >= 15 is 0 Å². The maximum Gasteiger partial charge on any atom is 0.173 e. The van der Waals surface area contributed by atoms with E-state index in [0.29, 0.717) is 25.1 Å². The summed E-state index contributed by atoms with van der Waals surface area (Å²) in [5.74, 6) is -0.754. The summed E-state index contributed by atoms with van der Waals surface area (Å²) in [5.41, 5.74) is 5.88. The highest BCUT2D eigenvalue weighted by Crippen LogP contribution is 2.12. The number of aliphatic hydroxyl groups excluding tert-OH is 1. The molecular formula is C12H18FN3O2. The Labute approximate surface area is 105 Å². The van der Waals surface area contributed by atoms with E-state index in [1.54, 1.807) is 19.1 Å². The van der Waals surface area contributed by atoms with E-state index in [1.165, 1.54) is 6.07 Å². The Bertz CT molecular complexity index is 422. The molecule has 0 radical (unpaired) electrons. The molecule has 5 N–H and O–H groups in total. The number of nitrogens with zero attached hydrogens (tertiary/aromatic N) is 1. The highest BCUT2D eigenvalue weighted by molar-refractivity contribution is 5.97. The van der Waals surface area contributed by atoms with Crippen LogP contribution in [0.4, 0.5) is 4.39 Å². The highest BCUT2D eigenvalue weighted by atomic mass is 19.1. The van der Waals surface area contributed by atoms with Gasteiger partial charge in [-0.05, 0) is 26.0 Å². The molecule has 0 amide bonds. The Morgan fingerprint density at radius 2 is 2.28 bits per heavy atom. The van der Waals surface area contributed by atoms with Crippen LogP contribution in [0, 0.1) is 5.82 Å². The quantitative estimate of drug-likeness (QED) is 0.199. The molecule has 0 spiro atoms. The summed E-state index contributed by atoms with van der Waals surface area (Å²) in [4.78, 5) is 0. The smallest absolute Gasteiger partial charge is 0.173 e. The molecule has 0 bridgehead atoms. The average molecular weight is 255 g/mol. The van der Waals surface area contributed by atoms with Crippen LogP contribution in [-0.4, -0.2) is 28.8 Å². The molecule has 100 valence electrons. The number of benzene rings is 1. The maximum absolute atomic E-state index is 13.9. The number of amidine groups is 1. The van der Waals surface area contributed by atoms with Gasteiger partial charge in [0.2, 0.25) is 0 Å². The summed E-state index contributed by atoms with van der Waals surface area (Å²) in [5, 5.41) is 23.4. The minimum absolute atomic E-state index is 0.0762. The summed E-state index contributed by atoms with van der Waals surface area (Å²) >= 11 is 0. The molecule has 1 aromatic carbocycles. The van der Waals surface area contributed by atoms with Gasteiger partial charge in [-0.15, -0.1) is 0 Å². The van der Waals surface area contributed by atoms with E-state index in [-0.39, 0.29) is 17.5 Å². The maximum atomic E-state index is 13.9. The van der Waals surface area contributed by atoms with Gasteiger partial charge in [0.25, 0.3) is 0 Å². The topological polar surface area (TPSA) is 90.9 Å². The molecule has 0 aromatic heterocycles. The first-order chi connectivity index (χ1) is 8.56. The monoisotopic (exact) mass is 255 g/mol. The van der Waals surface area contributed by atoms with Crippen molar-refractivity contribution in [3.63, 3.8) is 0 Å². The molecule has 1 aromatic rings. The molecule has 0 aliphatic heterocycles. The first kappa shape index (κ1) is 14.4. The molecule has 5 nitrogen and oxygen atoms in total. The number of aliphatic hydroxyl groups is 1. The number of nitrogens with two attached hydrogens (primary N) is 1. The van der Waals surface area contributed by atoms with Gasteiger partial charge in [-0.2, -0.15) is 0 Å². The minimum atomic E-state index is -0.502. The summed E-state index contributed by atoms with van der Waals surface area (Å²) in [6.45, 7) is 2.61. The van der Waals surface area contributed by atoms with Crippen molar-refractivity contribution in [3.8, 4) is 0 Å². The lowest BCUT2D eigenvalue weighted by atomic mass is 10.1. The fraction of sp³-hybridized carbons (Fsp3) is 0.417. The Morgan fingerprint density at radius 1 is 1.56 bits per heavy atom. The number of nitrogens with one attached hydrogen (secondary N) is 1. The van der Waals surface area contributed by atoms with Crippen molar-refractivity contribution >= 4 is 5.84 Å². The van der Waals surface area contributed by atoms with E-state index in [2.05, 4.69) is 10.5 Å². The molecule has 18 heavy (non-hydrogen) atoms. The van der Waals surface area contributed by atoms with Gasteiger partial charge in [0.05, 0.1) is 11.7 Å². The number of oxime groups is 1. The summed E-state index contributed by atoms with van der Waals surface area (Å²) in [6.07, 6.45) is 0.215. The van der Waals surface area contributed by atoms with Crippen LogP contribution >= 0.6 is 0 Å². The Hall–Kier alpha value is -1.66. The van der Waals surface area contributed by atoms with Gasteiger partial charge >= 0.3 is 0 Å². The van der Waals surface area contributed by atoms with Crippen molar-refractivity contribution in [1.82, 2.24) is 5.32 Å². The molecule has 0 saturated carbocycles. The van der Waals surface area contributed by atoms with Crippen LogP contribution in [0.1, 0.15) is 24.5 Å². The second-order valence-electron chi connectivity index (χ2n) is 4.08. The predicted octanol–water partition coefficient (Wildman–Crippen LogP) is 0.781. The lowest BCUT2D eigenvalue weighted by molar-refractivity contribution is 0.183. The van der Waals surface area contributed by atoms with Crippen LogP contribution in [0.3, 0.4) is 0 Å². The van der Waals surface area contributed by atoms with Crippen molar-refractivity contribution in [1.29, 1.82) is 0 Å². The Balaban J connectivity index is 2.67. The van der Waals surface area contributed by atoms with Crippen LogP contribution < -0.4 is 11.1 Å². The van der Waals surface area contributed by atoms with Gasteiger partial charge in [0.1, 0.15) is 5.82 Å². The fourth-order valence-electron chi connectivity index (χ4n) is 1.50. The van der Waals surface area contributed by atoms with Gasteiger partial charge in [-0.25, -0.2) is 4.39 Å². The summed E-state index contributed by atoms with van der Waals surface area (Å²) in [7, 11) is 0. The molecule has 6 heteroatoms. The molecule has 0 saturated heterocycles. The highest BCUT2D eigenvalue weighted by Gasteiger charge is 2.10. The number of hydrogen-bond donors (Lipinski definition) is 4. The van der Waals surface area contributed by atoms with Gasteiger partial charge in [0.15, 0.2) is 5.84 Å². The lowest BCUT2D eigenvalue weighted by Crippen LogP contribution is -2.21. The predicted molar refractivity (Wildman–Crippen MR) is 66.9 cm³/mol. The van der Waals surface area contributed by atoms with Crippen molar-refractivity contribution in [2.75, 3.05) is 6.54 Å². The zero-order chi connectivity index (χ0) is 13.5. The molecule has 1 atom stereocenters. The SMILES string of the molecule is CC(O)CCNCc1cccc(/C(N)=N/O)c1F. The van der Waals surface area contributed by atoms with Crippen LogP contribution in [0.2, 0.25) is 0 Å². The average Bonchev–Trinajstić information content (AvgIpc) is 2.35. The molecular weight excluding hydrogens is 237 g/mol. The van der Waals surface area contributed by atoms with Crippen LogP contribution in [0.15, 0.2) is 23.4 Å². The standard InChI is InChI=1S/C12H18FN3O2/c1-8(17)5-6-15-7-9-3-2-4-10(11(9)13)12(14)16-18/h2-4,8,15,17-18H,5-7H2,1H3,(H2,14,16). The first-order valence-electron chi connectivity index (χ1n) is 5.70. The Kier molecular flexibility index (Phi) is 5.54. The third-order valence-corrected chi connectivity index (χ3v) is 2.52. The zero-order valence-corrected chi connectivity index (χ0v) is 10.2. The van der Waals surface area contributed by atoms with Crippen molar-refractivity contribution in [2.45, 2.75) is 26.0 Å². The van der Waals surface area contributed by atoms with Gasteiger partial charge in [-0.3, -0.25) is 0 Å². The third-order valence-electron chi connectivity index (χ3n) is 2.52. The second kappa shape index (κ2) is 6.93. The molecule has 0 aliphatic rings. The van der Waals surface area contributed by atoms with Crippen molar-refractivity contribution < 1.29 is 14.7 Å². The third kappa shape index (κ3) is 3.97. The van der Waals surface area contributed by atoms with E-state index in [9.17, 15) is 4.39 Å². The van der Waals surface area contributed by atoms with Gasteiger partial charge in [0, 0.05) is 12.1 Å². The zero-order valence-electron chi connectivity index (χ0n) is 10.2. The lowest BCUT2D eigenvalue weighted by Gasteiger charge is -2.09. The van der Waals surface area contributed by atoms with Crippen LogP contribution in [0.5, 0.6) is 0 Å². The molecule has 0 heterocycles. The Morgan fingerprint density at radius 3 is 2.89 bits per heavy atom. The normalized spacial score (nSPS) is 13.6. The molecule has 0 fully saturated rings. The van der Waals surface area contributed by atoms with Gasteiger partial charge in [-0.1, -0.05) is 17.3 Å². The van der Waals surface area contributed by atoms with E-state index in [0.717, 1.165) is 0 Å². The molecule has 1 unspecified atom stereocenters. The fourth-order valence-corrected chi connectivity index (χ4v) is 1.50. The van der Waals surface area contributed by atoms with E-state index in [4.69, 9.17) is 16.0 Å². The van der Waals surface area contributed by atoms with Crippen molar-refractivity contribution in [2.24, 2.45) is 10.9 Å². The van der Waals surface area contributed by atoms with E-state index < -0.39 is 5.82 Å². The molecule has 1 rings (SSSR count). The molecule has 0 aliphatic carbocycles. The van der Waals surface area contributed by atoms with Crippen LogP contribution in [0.25, 0.3) is 0 Å². The second-order valence-corrected chi connectivity index (χ2v) is 4.08. The number of rotatable bonds is 6.